The lowest BCUT2D eigenvalue weighted by Crippen LogP contribution is -2.13. The summed E-state index contributed by atoms with van der Waals surface area (Å²) in [6.07, 6.45) is 6.23. The summed E-state index contributed by atoms with van der Waals surface area (Å²) in [7, 11) is 0. The molecule has 0 aromatic carbocycles. The van der Waals surface area contributed by atoms with Gasteiger partial charge < -0.3 is 10.2 Å². The lowest BCUT2D eigenvalue weighted by molar-refractivity contribution is -0.141. The molecule has 0 heterocycles. The molecule has 3 heteroatoms. The molecule has 3 nitrogen and oxygen atoms in total. The third kappa shape index (κ3) is 6.66. The Balaban J connectivity index is 3.58. The van der Waals surface area contributed by atoms with E-state index in [1.807, 2.05) is 19.1 Å². The maximum absolute atomic E-state index is 10.5. The number of aliphatic hydroxyl groups is 1. The van der Waals surface area contributed by atoms with E-state index >= 15 is 0 Å². The van der Waals surface area contributed by atoms with Gasteiger partial charge in [-0.25, -0.2) is 0 Å². The van der Waals surface area contributed by atoms with Gasteiger partial charge in [0.25, 0.3) is 0 Å². The van der Waals surface area contributed by atoms with Gasteiger partial charge in [-0.1, -0.05) is 26.0 Å². The third-order valence-corrected chi connectivity index (χ3v) is 2.17. The van der Waals surface area contributed by atoms with Gasteiger partial charge in [0, 0.05) is 0 Å². The molecule has 0 rings (SSSR count). The molecule has 0 saturated carbocycles. The van der Waals surface area contributed by atoms with E-state index in [-0.39, 0.29) is 5.92 Å². The molecule has 0 bridgehead atoms. The Labute approximate surface area is 85.4 Å². The van der Waals surface area contributed by atoms with Gasteiger partial charge in [-0.2, -0.15) is 0 Å². The molecular weight excluding hydrogens is 180 g/mol. The van der Waals surface area contributed by atoms with Crippen LogP contribution in [0.3, 0.4) is 0 Å². The van der Waals surface area contributed by atoms with Gasteiger partial charge in [-0.3, -0.25) is 4.79 Å². The minimum absolute atomic E-state index is 0.361. The fraction of sp³-hybridized carbons (Fsp3) is 0.727. The van der Waals surface area contributed by atoms with E-state index in [1.54, 1.807) is 6.92 Å². The number of aliphatic hydroxyl groups excluding tert-OH is 1. The number of hydrogen-bond acceptors (Lipinski definition) is 2. The van der Waals surface area contributed by atoms with Crippen LogP contribution in [-0.4, -0.2) is 22.3 Å². The summed E-state index contributed by atoms with van der Waals surface area (Å²) >= 11 is 0. The predicted octanol–water partition coefficient (Wildman–Crippen LogP) is 2.20. The summed E-state index contributed by atoms with van der Waals surface area (Å²) in [6, 6.07) is 0. The number of carboxylic acids is 1. The van der Waals surface area contributed by atoms with E-state index in [2.05, 4.69) is 0 Å². The average Bonchev–Trinajstić information content (AvgIpc) is 2.14. The first kappa shape index (κ1) is 13.2. The second-order valence-electron chi connectivity index (χ2n) is 3.59. The number of carbonyl (C=O) groups is 1. The van der Waals surface area contributed by atoms with Crippen LogP contribution in [0.1, 0.15) is 39.5 Å². The molecule has 0 aliphatic rings. The minimum Gasteiger partial charge on any atom is -0.481 e. The highest BCUT2D eigenvalue weighted by molar-refractivity contribution is 5.69. The Bertz CT molecular complexity index is 187. The average molecular weight is 200 g/mol. The first-order valence-electron chi connectivity index (χ1n) is 5.13. The normalized spacial score (nSPS) is 15.6. The van der Waals surface area contributed by atoms with E-state index in [0.717, 1.165) is 6.42 Å². The molecule has 2 N–H and O–H groups in total. The standard InChI is InChI=1S/C11H20O3/c1-3-4-5-6-10(12)8-7-9(2)11(13)14/h4-5,9-10,12H,3,6-8H2,1-2H3,(H,13,14). The van der Waals surface area contributed by atoms with Crippen LogP contribution in [0.15, 0.2) is 12.2 Å². The highest BCUT2D eigenvalue weighted by atomic mass is 16.4. The van der Waals surface area contributed by atoms with Crippen molar-refractivity contribution in [3.63, 3.8) is 0 Å². The van der Waals surface area contributed by atoms with Crippen molar-refractivity contribution in [3.05, 3.63) is 12.2 Å². The van der Waals surface area contributed by atoms with Crippen LogP contribution in [0, 0.1) is 5.92 Å². The van der Waals surface area contributed by atoms with E-state index < -0.39 is 12.1 Å². The van der Waals surface area contributed by atoms with Crippen molar-refractivity contribution in [1.82, 2.24) is 0 Å². The van der Waals surface area contributed by atoms with E-state index in [0.29, 0.717) is 19.3 Å². The number of rotatable bonds is 7. The fourth-order valence-electron chi connectivity index (χ4n) is 1.10. The zero-order valence-corrected chi connectivity index (χ0v) is 8.94. The van der Waals surface area contributed by atoms with Crippen molar-refractivity contribution in [2.75, 3.05) is 0 Å². The summed E-state index contributed by atoms with van der Waals surface area (Å²) in [5.41, 5.74) is 0. The SMILES string of the molecule is CCC=CCC(O)CCC(C)C(=O)O. The minimum atomic E-state index is -0.790. The zero-order chi connectivity index (χ0) is 11.0. The number of aliphatic carboxylic acids is 1. The molecule has 82 valence electrons. The van der Waals surface area contributed by atoms with Crippen molar-refractivity contribution < 1.29 is 15.0 Å². The maximum Gasteiger partial charge on any atom is 0.306 e. The number of hydrogen-bond donors (Lipinski definition) is 2. The molecule has 0 amide bonds. The van der Waals surface area contributed by atoms with Crippen LogP contribution in [0.2, 0.25) is 0 Å². The smallest absolute Gasteiger partial charge is 0.306 e. The molecule has 14 heavy (non-hydrogen) atoms. The van der Waals surface area contributed by atoms with Gasteiger partial charge in [0.1, 0.15) is 0 Å². The topological polar surface area (TPSA) is 57.5 Å². The van der Waals surface area contributed by atoms with Crippen molar-refractivity contribution in [2.45, 2.75) is 45.6 Å². The highest BCUT2D eigenvalue weighted by Gasteiger charge is 2.12. The molecule has 0 fully saturated rings. The van der Waals surface area contributed by atoms with Gasteiger partial charge in [-0.15, -0.1) is 0 Å². The van der Waals surface area contributed by atoms with E-state index in [1.165, 1.54) is 0 Å². The van der Waals surface area contributed by atoms with Crippen molar-refractivity contribution >= 4 is 5.97 Å². The first-order chi connectivity index (χ1) is 6.57. The molecule has 0 saturated heterocycles. The van der Waals surface area contributed by atoms with Crippen molar-refractivity contribution in [1.29, 1.82) is 0 Å². The van der Waals surface area contributed by atoms with Gasteiger partial charge >= 0.3 is 5.97 Å². The number of allylic oxidation sites excluding steroid dienone is 1. The van der Waals surface area contributed by atoms with Crippen LogP contribution in [-0.2, 0) is 4.79 Å². The van der Waals surface area contributed by atoms with Crippen molar-refractivity contribution in [3.8, 4) is 0 Å². The van der Waals surface area contributed by atoms with Gasteiger partial charge in [0.15, 0.2) is 0 Å². The Morgan fingerprint density at radius 3 is 2.50 bits per heavy atom. The second-order valence-corrected chi connectivity index (χ2v) is 3.59. The molecule has 2 atom stereocenters. The van der Waals surface area contributed by atoms with Crippen LogP contribution in [0.4, 0.5) is 0 Å². The Hall–Kier alpha value is -0.830. The van der Waals surface area contributed by atoms with Crippen LogP contribution in [0.25, 0.3) is 0 Å². The summed E-state index contributed by atoms with van der Waals surface area (Å²) in [4.78, 5) is 10.5. The quantitative estimate of drug-likeness (QED) is 0.619. The third-order valence-electron chi connectivity index (χ3n) is 2.17. The molecule has 0 spiro atoms. The second kappa shape index (κ2) is 7.56. The first-order valence-corrected chi connectivity index (χ1v) is 5.13. The Kier molecular flexibility index (Phi) is 7.11. The molecular formula is C11H20O3. The molecule has 0 aliphatic carbocycles. The van der Waals surface area contributed by atoms with Gasteiger partial charge in [0.05, 0.1) is 12.0 Å². The van der Waals surface area contributed by atoms with Crippen LogP contribution in [0.5, 0.6) is 0 Å². The van der Waals surface area contributed by atoms with Gasteiger partial charge in [0.2, 0.25) is 0 Å². The zero-order valence-electron chi connectivity index (χ0n) is 8.94. The van der Waals surface area contributed by atoms with Gasteiger partial charge in [-0.05, 0) is 25.7 Å². The van der Waals surface area contributed by atoms with E-state index in [4.69, 9.17) is 5.11 Å². The largest absolute Gasteiger partial charge is 0.481 e. The molecule has 2 unspecified atom stereocenters. The van der Waals surface area contributed by atoms with Crippen LogP contribution >= 0.6 is 0 Å². The molecule has 0 radical (unpaired) electrons. The monoisotopic (exact) mass is 200 g/mol. The molecule has 0 aliphatic heterocycles. The summed E-state index contributed by atoms with van der Waals surface area (Å²) in [5, 5.41) is 18.1. The maximum atomic E-state index is 10.5. The van der Waals surface area contributed by atoms with Crippen molar-refractivity contribution in [2.24, 2.45) is 5.92 Å². The highest BCUT2D eigenvalue weighted by Crippen LogP contribution is 2.10. The predicted molar refractivity (Wildman–Crippen MR) is 56.1 cm³/mol. The lowest BCUT2D eigenvalue weighted by Gasteiger charge is -2.09. The summed E-state index contributed by atoms with van der Waals surface area (Å²) in [6.45, 7) is 3.70. The Morgan fingerprint density at radius 2 is 2.00 bits per heavy atom. The fourth-order valence-corrected chi connectivity index (χ4v) is 1.10. The summed E-state index contributed by atoms with van der Waals surface area (Å²) < 4.78 is 0. The molecule has 0 aromatic heterocycles. The lowest BCUT2D eigenvalue weighted by atomic mass is 10.0. The Morgan fingerprint density at radius 1 is 1.36 bits per heavy atom. The van der Waals surface area contributed by atoms with Crippen LogP contribution < -0.4 is 0 Å². The summed E-state index contributed by atoms with van der Waals surface area (Å²) in [5.74, 6) is -1.15. The molecule has 0 aromatic rings. The van der Waals surface area contributed by atoms with E-state index in [9.17, 15) is 9.90 Å². The number of carboxylic acid groups (broad SMARTS) is 1.